The van der Waals surface area contributed by atoms with Gasteiger partial charge in [-0.25, -0.2) is 4.98 Å². The number of carbonyl (C=O) groups is 2. The van der Waals surface area contributed by atoms with Crippen LogP contribution in [0.15, 0.2) is 64.6 Å². The molecule has 0 aliphatic heterocycles. The lowest BCUT2D eigenvalue weighted by Gasteiger charge is -2.17. The van der Waals surface area contributed by atoms with Crippen LogP contribution in [-0.4, -0.2) is 16.8 Å². The summed E-state index contributed by atoms with van der Waals surface area (Å²) in [6, 6.07) is 12.9. The van der Waals surface area contributed by atoms with Gasteiger partial charge < -0.3 is 9.73 Å². The van der Waals surface area contributed by atoms with Crippen molar-refractivity contribution < 1.29 is 14.0 Å². The smallest absolute Gasteiger partial charge is 0.244 e. The highest BCUT2D eigenvalue weighted by Gasteiger charge is 2.17. The quantitative estimate of drug-likeness (QED) is 0.673. The lowest BCUT2D eigenvalue weighted by atomic mass is 10.3. The van der Waals surface area contributed by atoms with Crippen molar-refractivity contribution in [1.82, 2.24) is 10.3 Å². The predicted molar refractivity (Wildman–Crippen MR) is 101 cm³/mol. The minimum atomic E-state index is -0.248. The number of thiazole rings is 1. The summed E-state index contributed by atoms with van der Waals surface area (Å²) in [5, 5.41) is 5.07. The third kappa shape index (κ3) is 4.46. The van der Waals surface area contributed by atoms with E-state index in [-0.39, 0.29) is 11.8 Å². The van der Waals surface area contributed by atoms with Crippen LogP contribution in [0.5, 0.6) is 0 Å². The molecule has 2 aromatic heterocycles. The monoisotopic (exact) mass is 367 g/mol. The minimum Gasteiger partial charge on any atom is -0.467 e. The summed E-state index contributed by atoms with van der Waals surface area (Å²) in [5.74, 6) is 0.308. The highest BCUT2D eigenvalue weighted by molar-refractivity contribution is 7.14. The number of hydrogen-bond acceptors (Lipinski definition) is 5. The fourth-order valence-corrected chi connectivity index (χ4v) is 3.12. The number of rotatable bonds is 6. The van der Waals surface area contributed by atoms with Crippen molar-refractivity contribution in [2.75, 3.05) is 4.90 Å². The molecule has 0 fully saturated rings. The maximum absolute atomic E-state index is 12.0. The van der Waals surface area contributed by atoms with Gasteiger partial charge in [-0.2, -0.15) is 0 Å². The van der Waals surface area contributed by atoms with Gasteiger partial charge in [-0.1, -0.05) is 18.2 Å². The first kappa shape index (κ1) is 17.6. The van der Waals surface area contributed by atoms with Gasteiger partial charge in [-0.15, -0.1) is 11.3 Å². The molecule has 2 heterocycles. The fourth-order valence-electron chi connectivity index (χ4n) is 2.27. The molecule has 0 bridgehead atoms. The van der Waals surface area contributed by atoms with Crippen molar-refractivity contribution in [3.05, 3.63) is 71.6 Å². The average Bonchev–Trinajstić information content (AvgIpc) is 3.31. The molecule has 3 rings (SSSR count). The maximum Gasteiger partial charge on any atom is 0.244 e. The Balaban J connectivity index is 1.66. The molecule has 0 saturated heterocycles. The van der Waals surface area contributed by atoms with Crippen LogP contribution in [0.2, 0.25) is 0 Å². The topological polar surface area (TPSA) is 75.4 Å². The molecule has 1 aromatic carbocycles. The van der Waals surface area contributed by atoms with E-state index in [2.05, 4.69) is 10.3 Å². The molecule has 0 saturated carbocycles. The van der Waals surface area contributed by atoms with E-state index in [0.29, 0.717) is 23.1 Å². The van der Waals surface area contributed by atoms with Gasteiger partial charge in [-0.05, 0) is 30.3 Å². The van der Waals surface area contributed by atoms with Crippen LogP contribution < -0.4 is 10.2 Å². The van der Waals surface area contributed by atoms with Crippen LogP contribution in [0, 0.1) is 0 Å². The van der Waals surface area contributed by atoms with Crippen molar-refractivity contribution in [2.45, 2.75) is 13.5 Å². The van der Waals surface area contributed by atoms with Crippen molar-refractivity contribution in [3.8, 4) is 0 Å². The molecule has 2 amide bonds. The van der Waals surface area contributed by atoms with Crippen molar-refractivity contribution in [2.24, 2.45) is 0 Å². The molecule has 0 spiro atoms. The number of furan rings is 1. The summed E-state index contributed by atoms with van der Waals surface area (Å²) >= 11 is 1.34. The zero-order chi connectivity index (χ0) is 18.4. The Kier molecular flexibility index (Phi) is 5.60. The molecule has 1 N–H and O–H groups in total. The average molecular weight is 367 g/mol. The first-order valence-electron chi connectivity index (χ1n) is 7.93. The van der Waals surface area contributed by atoms with Crippen LogP contribution in [0.3, 0.4) is 0 Å². The third-order valence-electron chi connectivity index (χ3n) is 3.45. The standard InChI is InChI=1S/C19H17N3O3S/c1-14(23)22(16-6-3-2-4-7-16)19-21-15(13-26-19)9-10-18(24)20-12-17-8-5-11-25-17/h2-11,13H,12H2,1H3,(H,20,24)/b10-9+. The number of aromatic nitrogens is 1. The Morgan fingerprint density at radius 2 is 2.04 bits per heavy atom. The summed E-state index contributed by atoms with van der Waals surface area (Å²) in [4.78, 5) is 29.8. The first-order valence-corrected chi connectivity index (χ1v) is 8.81. The maximum atomic E-state index is 12.0. The van der Waals surface area contributed by atoms with Crippen molar-refractivity contribution >= 4 is 40.0 Å². The Bertz CT molecular complexity index is 901. The molecule has 7 heteroatoms. The van der Waals surface area contributed by atoms with Gasteiger partial charge >= 0.3 is 0 Å². The van der Waals surface area contributed by atoms with Gasteiger partial charge in [0.1, 0.15) is 5.76 Å². The fraction of sp³-hybridized carbons (Fsp3) is 0.105. The van der Waals surface area contributed by atoms with Gasteiger partial charge in [-0.3, -0.25) is 14.5 Å². The summed E-state index contributed by atoms with van der Waals surface area (Å²) in [5.41, 5.74) is 1.36. The van der Waals surface area contributed by atoms with E-state index in [4.69, 9.17) is 4.42 Å². The normalized spacial score (nSPS) is 10.8. The summed E-state index contributed by atoms with van der Waals surface area (Å²) < 4.78 is 5.15. The first-order chi connectivity index (χ1) is 12.6. The van der Waals surface area contributed by atoms with Crippen LogP contribution in [-0.2, 0) is 16.1 Å². The number of para-hydroxylation sites is 1. The second-order valence-electron chi connectivity index (χ2n) is 5.38. The molecule has 0 aliphatic rings. The number of nitrogens with zero attached hydrogens (tertiary/aromatic N) is 2. The SMILES string of the molecule is CC(=O)N(c1ccccc1)c1nc(/C=C/C(=O)NCc2ccco2)cs1. The largest absolute Gasteiger partial charge is 0.467 e. The van der Waals surface area contributed by atoms with E-state index in [9.17, 15) is 9.59 Å². The highest BCUT2D eigenvalue weighted by Crippen LogP contribution is 2.28. The molecule has 6 nitrogen and oxygen atoms in total. The number of hydrogen-bond donors (Lipinski definition) is 1. The third-order valence-corrected chi connectivity index (χ3v) is 4.30. The molecule has 132 valence electrons. The van der Waals surface area contributed by atoms with Gasteiger partial charge in [0.25, 0.3) is 0 Å². The molecule has 0 aliphatic carbocycles. The van der Waals surface area contributed by atoms with Gasteiger partial charge in [0.05, 0.1) is 24.2 Å². The van der Waals surface area contributed by atoms with E-state index in [1.165, 1.54) is 24.3 Å². The molecule has 0 unspecified atom stereocenters. The zero-order valence-corrected chi connectivity index (χ0v) is 14.9. The molecule has 26 heavy (non-hydrogen) atoms. The molecule has 3 aromatic rings. The van der Waals surface area contributed by atoms with Crippen LogP contribution >= 0.6 is 11.3 Å². The highest BCUT2D eigenvalue weighted by atomic mass is 32.1. The zero-order valence-electron chi connectivity index (χ0n) is 14.1. The van der Waals surface area contributed by atoms with Crippen LogP contribution in [0.25, 0.3) is 6.08 Å². The Labute approximate surface area is 154 Å². The van der Waals surface area contributed by atoms with Gasteiger partial charge in [0, 0.05) is 18.4 Å². The van der Waals surface area contributed by atoms with Crippen LogP contribution in [0.1, 0.15) is 18.4 Å². The molecular formula is C19H17N3O3S. The second-order valence-corrected chi connectivity index (χ2v) is 6.21. The lowest BCUT2D eigenvalue weighted by molar-refractivity contribution is -0.117. The van der Waals surface area contributed by atoms with E-state index >= 15 is 0 Å². The van der Waals surface area contributed by atoms with E-state index in [1.54, 1.807) is 34.8 Å². The van der Waals surface area contributed by atoms with E-state index in [1.807, 2.05) is 30.3 Å². The van der Waals surface area contributed by atoms with Crippen molar-refractivity contribution in [3.63, 3.8) is 0 Å². The summed E-state index contributed by atoms with van der Waals surface area (Å²) in [7, 11) is 0. The van der Waals surface area contributed by atoms with Crippen LogP contribution in [0.4, 0.5) is 10.8 Å². The summed E-state index contributed by atoms with van der Waals surface area (Å²) in [6.07, 6.45) is 4.57. The number of benzene rings is 1. The molecule has 0 atom stereocenters. The van der Waals surface area contributed by atoms with E-state index < -0.39 is 0 Å². The second kappa shape index (κ2) is 8.26. The van der Waals surface area contributed by atoms with E-state index in [0.717, 1.165) is 5.69 Å². The Morgan fingerprint density at radius 3 is 2.73 bits per heavy atom. The number of carbonyl (C=O) groups excluding carboxylic acids is 2. The number of amides is 2. The van der Waals surface area contributed by atoms with Crippen molar-refractivity contribution in [1.29, 1.82) is 0 Å². The molecular weight excluding hydrogens is 350 g/mol. The Hall–Kier alpha value is -3.19. The number of anilines is 2. The number of nitrogens with one attached hydrogen (secondary N) is 1. The molecule has 0 radical (unpaired) electrons. The predicted octanol–water partition coefficient (Wildman–Crippen LogP) is 3.75. The van der Waals surface area contributed by atoms with Gasteiger partial charge in [0.2, 0.25) is 11.8 Å². The lowest BCUT2D eigenvalue weighted by Crippen LogP contribution is -2.22. The minimum absolute atomic E-state index is 0.128. The summed E-state index contributed by atoms with van der Waals surface area (Å²) in [6.45, 7) is 1.82. The Morgan fingerprint density at radius 1 is 1.23 bits per heavy atom. The van der Waals surface area contributed by atoms with Gasteiger partial charge in [0.15, 0.2) is 5.13 Å².